The van der Waals surface area contributed by atoms with Gasteiger partial charge in [-0.3, -0.25) is 4.98 Å². The van der Waals surface area contributed by atoms with Crippen molar-refractivity contribution < 1.29 is 5.11 Å². The Bertz CT molecular complexity index is 693. The van der Waals surface area contributed by atoms with E-state index in [1.165, 1.54) is 12.4 Å². The highest BCUT2D eigenvalue weighted by Crippen LogP contribution is 2.37. The Kier molecular flexibility index (Phi) is 3.69. The summed E-state index contributed by atoms with van der Waals surface area (Å²) < 4.78 is 0. The second kappa shape index (κ2) is 5.64. The number of aromatic nitrogens is 2. The third-order valence-corrected chi connectivity index (χ3v) is 3.66. The highest BCUT2D eigenvalue weighted by atomic mass is 35.5. The van der Waals surface area contributed by atoms with Gasteiger partial charge >= 0.3 is 0 Å². The molecule has 3 rings (SSSR count). The fraction of sp³-hybridized carbons (Fsp3) is 0.0588. The second-order valence-electron chi connectivity index (χ2n) is 4.64. The van der Waals surface area contributed by atoms with Gasteiger partial charge in [-0.15, -0.1) is 0 Å². The maximum absolute atomic E-state index is 11.4. The van der Waals surface area contributed by atoms with Gasteiger partial charge in [0.1, 0.15) is 5.69 Å². The van der Waals surface area contributed by atoms with Gasteiger partial charge in [-0.1, -0.05) is 72.3 Å². The van der Waals surface area contributed by atoms with Crippen LogP contribution in [0, 0.1) is 0 Å². The third kappa shape index (κ3) is 2.42. The van der Waals surface area contributed by atoms with Crippen molar-refractivity contribution in [3.8, 4) is 0 Å². The summed E-state index contributed by atoms with van der Waals surface area (Å²) in [5.41, 5.74) is 0.273. The monoisotopic (exact) mass is 296 g/mol. The molecule has 104 valence electrons. The molecule has 0 aliphatic heterocycles. The predicted molar refractivity (Wildman–Crippen MR) is 82.0 cm³/mol. The molecule has 3 aromatic rings. The van der Waals surface area contributed by atoms with Gasteiger partial charge in [-0.25, -0.2) is 4.98 Å². The first-order chi connectivity index (χ1) is 10.2. The summed E-state index contributed by atoms with van der Waals surface area (Å²) in [6, 6.07) is 18.6. The molecule has 1 N–H and O–H groups in total. The number of hydrogen-bond donors (Lipinski definition) is 1. The second-order valence-corrected chi connectivity index (χ2v) is 5.00. The van der Waals surface area contributed by atoms with Crippen molar-refractivity contribution in [2.45, 2.75) is 5.60 Å². The number of rotatable bonds is 3. The summed E-state index contributed by atoms with van der Waals surface area (Å²) in [4.78, 5) is 8.30. The molecule has 0 atom stereocenters. The van der Waals surface area contributed by atoms with Crippen molar-refractivity contribution in [3.05, 3.63) is 95.0 Å². The van der Waals surface area contributed by atoms with Crippen molar-refractivity contribution in [2.75, 3.05) is 0 Å². The van der Waals surface area contributed by atoms with Crippen molar-refractivity contribution in [1.82, 2.24) is 9.97 Å². The van der Waals surface area contributed by atoms with Crippen LogP contribution < -0.4 is 0 Å². The Balaban J connectivity index is 2.29. The highest BCUT2D eigenvalue weighted by Gasteiger charge is 2.37. The zero-order valence-corrected chi connectivity index (χ0v) is 11.9. The van der Waals surface area contributed by atoms with Crippen LogP contribution >= 0.6 is 11.6 Å². The molecule has 0 bridgehead atoms. The van der Waals surface area contributed by atoms with Gasteiger partial charge < -0.3 is 5.11 Å². The highest BCUT2D eigenvalue weighted by molar-refractivity contribution is 6.30. The van der Waals surface area contributed by atoms with E-state index in [1.54, 1.807) is 0 Å². The first-order valence-corrected chi connectivity index (χ1v) is 6.91. The van der Waals surface area contributed by atoms with E-state index >= 15 is 0 Å². The summed E-state index contributed by atoms with van der Waals surface area (Å²) in [7, 11) is 0. The largest absolute Gasteiger partial charge is 0.374 e. The van der Waals surface area contributed by atoms with Gasteiger partial charge in [0.25, 0.3) is 0 Å². The molecule has 0 spiro atoms. The standard InChI is InChI=1S/C17H13ClN2O/c18-16-15(19-11-12-20-16)17(21,13-7-3-1-4-8-13)14-9-5-2-6-10-14/h1-12,21H. The van der Waals surface area contributed by atoms with E-state index < -0.39 is 5.60 Å². The van der Waals surface area contributed by atoms with Crippen LogP contribution in [0.1, 0.15) is 16.8 Å². The fourth-order valence-corrected chi connectivity index (χ4v) is 2.60. The Morgan fingerprint density at radius 2 is 1.24 bits per heavy atom. The molecule has 0 saturated heterocycles. The number of nitrogens with zero attached hydrogens (tertiary/aromatic N) is 2. The Morgan fingerprint density at radius 3 is 1.71 bits per heavy atom. The van der Waals surface area contributed by atoms with E-state index in [-0.39, 0.29) is 5.15 Å². The molecular formula is C17H13ClN2O. The van der Waals surface area contributed by atoms with E-state index in [0.717, 1.165) is 0 Å². The average Bonchev–Trinajstić information content (AvgIpc) is 2.56. The fourth-order valence-electron chi connectivity index (χ4n) is 2.36. The average molecular weight is 297 g/mol. The van der Waals surface area contributed by atoms with Gasteiger partial charge in [0.05, 0.1) is 0 Å². The van der Waals surface area contributed by atoms with Crippen LogP contribution in [0.2, 0.25) is 5.15 Å². The minimum Gasteiger partial charge on any atom is -0.374 e. The normalized spacial score (nSPS) is 11.3. The molecule has 4 heteroatoms. The van der Waals surface area contributed by atoms with Gasteiger partial charge in [0.15, 0.2) is 10.8 Å². The first-order valence-electron chi connectivity index (χ1n) is 6.53. The van der Waals surface area contributed by atoms with Crippen LogP contribution in [0.4, 0.5) is 0 Å². The smallest absolute Gasteiger partial charge is 0.160 e. The maximum Gasteiger partial charge on any atom is 0.160 e. The van der Waals surface area contributed by atoms with Gasteiger partial charge in [0, 0.05) is 12.4 Å². The lowest BCUT2D eigenvalue weighted by atomic mass is 9.83. The molecule has 0 radical (unpaired) electrons. The lowest BCUT2D eigenvalue weighted by molar-refractivity contribution is 0.120. The molecule has 0 aliphatic carbocycles. The van der Waals surface area contributed by atoms with E-state index in [0.29, 0.717) is 16.8 Å². The summed E-state index contributed by atoms with van der Waals surface area (Å²) >= 11 is 6.17. The molecule has 1 aromatic heterocycles. The summed E-state index contributed by atoms with van der Waals surface area (Å²) in [6.45, 7) is 0. The third-order valence-electron chi connectivity index (χ3n) is 3.38. The summed E-state index contributed by atoms with van der Waals surface area (Å²) in [6.07, 6.45) is 3.03. The van der Waals surface area contributed by atoms with Crippen LogP contribution in [-0.2, 0) is 5.60 Å². The molecule has 0 saturated carbocycles. The molecule has 0 amide bonds. The number of benzene rings is 2. The SMILES string of the molecule is OC(c1ccccc1)(c1ccccc1)c1nccnc1Cl. The van der Waals surface area contributed by atoms with Crippen LogP contribution in [0.3, 0.4) is 0 Å². The van der Waals surface area contributed by atoms with E-state index in [2.05, 4.69) is 9.97 Å². The predicted octanol–water partition coefficient (Wildman–Crippen LogP) is 3.41. The Morgan fingerprint density at radius 1 is 0.762 bits per heavy atom. The van der Waals surface area contributed by atoms with Crippen LogP contribution in [0.15, 0.2) is 73.1 Å². The molecule has 0 fully saturated rings. The Labute approximate surface area is 127 Å². The van der Waals surface area contributed by atoms with E-state index in [4.69, 9.17) is 11.6 Å². The number of hydrogen-bond acceptors (Lipinski definition) is 3. The topological polar surface area (TPSA) is 46.0 Å². The Hall–Kier alpha value is -2.23. The number of halogens is 1. The molecule has 2 aromatic carbocycles. The van der Waals surface area contributed by atoms with Gasteiger partial charge in [0.2, 0.25) is 0 Å². The van der Waals surface area contributed by atoms with Crippen LogP contribution in [0.25, 0.3) is 0 Å². The van der Waals surface area contributed by atoms with Crippen LogP contribution in [-0.4, -0.2) is 15.1 Å². The number of aliphatic hydroxyl groups is 1. The maximum atomic E-state index is 11.4. The van der Waals surface area contributed by atoms with E-state index in [1.807, 2.05) is 60.7 Å². The summed E-state index contributed by atoms with van der Waals surface area (Å²) in [5, 5.41) is 11.6. The lowest BCUT2D eigenvalue weighted by Crippen LogP contribution is -2.30. The zero-order chi connectivity index (χ0) is 14.7. The quantitative estimate of drug-likeness (QED) is 0.805. The molecule has 0 unspecified atom stereocenters. The minimum absolute atomic E-state index is 0.188. The van der Waals surface area contributed by atoms with Crippen molar-refractivity contribution in [3.63, 3.8) is 0 Å². The van der Waals surface area contributed by atoms with Crippen molar-refractivity contribution in [1.29, 1.82) is 0 Å². The van der Waals surface area contributed by atoms with Crippen molar-refractivity contribution in [2.24, 2.45) is 0 Å². The summed E-state index contributed by atoms with van der Waals surface area (Å²) in [5.74, 6) is 0. The minimum atomic E-state index is -1.44. The molecular weight excluding hydrogens is 284 g/mol. The zero-order valence-electron chi connectivity index (χ0n) is 11.1. The lowest BCUT2D eigenvalue weighted by Gasteiger charge is -2.29. The van der Waals surface area contributed by atoms with Crippen LogP contribution in [0.5, 0.6) is 0 Å². The van der Waals surface area contributed by atoms with E-state index in [9.17, 15) is 5.11 Å². The molecule has 1 heterocycles. The molecule has 3 nitrogen and oxygen atoms in total. The van der Waals surface area contributed by atoms with Gasteiger partial charge in [-0.05, 0) is 11.1 Å². The first kappa shape index (κ1) is 13.7. The molecule has 21 heavy (non-hydrogen) atoms. The van der Waals surface area contributed by atoms with Gasteiger partial charge in [-0.2, -0.15) is 0 Å². The molecule has 0 aliphatic rings. The van der Waals surface area contributed by atoms with Crippen molar-refractivity contribution >= 4 is 11.6 Å².